The zero-order valence-electron chi connectivity index (χ0n) is 15.4. The van der Waals surface area contributed by atoms with Gasteiger partial charge in [0.05, 0.1) is 6.42 Å². The summed E-state index contributed by atoms with van der Waals surface area (Å²) < 4.78 is 5.32. The van der Waals surface area contributed by atoms with Crippen molar-refractivity contribution in [2.75, 3.05) is 13.1 Å². The van der Waals surface area contributed by atoms with Gasteiger partial charge in [-0.1, -0.05) is 30.3 Å². The maximum Gasteiger partial charge on any atom is 0.411 e. The maximum atomic E-state index is 12.7. The van der Waals surface area contributed by atoms with Gasteiger partial charge in [-0.05, 0) is 26.3 Å². The Labute approximate surface area is 153 Å². The predicted octanol–water partition coefficient (Wildman–Crippen LogP) is 1.34. The van der Waals surface area contributed by atoms with E-state index < -0.39 is 36.0 Å². The molecule has 0 aliphatic carbocycles. The molecule has 26 heavy (non-hydrogen) atoms. The van der Waals surface area contributed by atoms with Crippen LogP contribution < -0.4 is 11.1 Å². The minimum atomic E-state index is -1.21. The molecule has 4 N–H and O–H groups in total. The summed E-state index contributed by atoms with van der Waals surface area (Å²) in [5, 5.41) is 11.7. The van der Waals surface area contributed by atoms with E-state index in [4.69, 9.17) is 10.5 Å². The van der Waals surface area contributed by atoms with E-state index in [0.29, 0.717) is 0 Å². The van der Waals surface area contributed by atoms with Gasteiger partial charge in [-0.3, -0.25) is 14.5 Å². The number of aliphatic carboxylic acids is 1. The molecule has 0 fully saturated rings. The van der Waals surface area contributed by atoms with Gasteiger partial charge < -0.3 is 20.9 Å². The third kappa shape index (κ3) is 6.72. The largest absolute Gasteiger partial charge is 0.481 e. The zero-order valence-corrected chi connectivity index (χ0v) is 15.4. The van der Waals surface area contributed by atoms with Crippen LogP contribution in [0.25, 0.3) is 0 Å². The van der Waals surface area contributed by atoms with Crippen molar-refractivity contribution in [2.24, 2.45) is 5.73 Å². The molecule has 0 heterocycles. The molecule has 1 aromatic carbocycles. The van der Waals surface area contributed by atoms with Crippen molar-refractivity contribution in [3.05, 3.63) is 35.9 Å². The zero-order chi connectivity index (χ0) is 19.7. The third-order valence-electron chi connectivity index (χ3n) is 3.55. The van der Waals surface area contributed by atoms with Crippen molar-refractivity contribution >= 4 is 18.0 Å². The summed E-state index contributed by atoms with van der Waals surface area (Å²) in [7, 11) is 0. The number of rotatable bonds is 8. The van der Waals surface area contributed by atoms with E-state index in [2.05, 4.69) is 5.32 Å². The van der Waals surface area contributed by atoms with Crippen LogP contribution in [-0.4, -0.2) is 52.6 Å². The number of carboxylic acid groups (broad SMARTS) is 1. The first-order valence-corrected chi connectivity index (χ1v) is 8.36. The van der Waals surface area contributed by atoms with Crippen LogP contribution in [0.1, 0.15) is 32.8 Å². The molecular formula is C18H27N3O5. The highest BCUT2D eigenvalue weighted by Gasteiger charge is 2.39. The van der Waals surface area contributed by atoms with Crippen LogP contribution in [0.2, 0.25) is 0 Å². The summed E-state index contributed by atoms with van der Waals surface area (Å²) in [6, 6.07) is 7.88. The van der Waals surface area contributed by atoms with Gasteiger partial charge in [0.15, 0.2) is 0 Å². The topological polar surface area (TPSA) is 122 Å². The number of benzene rings is 1. The summed E-state index contributed by atoms with van der Waals surface area (Å²) in [4.78, 5) is 37.5. The first-order chi connectivity index (χ1) is 12.2. The summed E-state index contributed by atoms with van der Waals surface area (Å²) >= 11 is 0. The van der Waals surface area contributed by atoms with Crippen molar-refractivity contribution in [3.63, 3.8) is 0 Å². The smallest absolute Gasteiger partial charge is 0.411 e. The highest BCUT2D eigenvalue weighted by atomic mass is 16.6. The number of ether oxygens (including phenoxy) is 1. The van der Waals surface area contributed by atoms with Crippen LogP contribution in [0.5, 0.6) is 0 Å². The molecule has 1 aromatic rings. The quantitative estimate of drug-likeness (QED) is 0.639. The normalized spacial score (nSPS) is 12.2. The average Bonchev–Trinajstić information content (AvgIpc) is 2.56. The van der Waals surface area contributed by atoms with E-state index >= 15 is 0 Å². The fraction of sp³-hybridized carbons (Fsp3) is 0.500. The van der Waals surface area contributed by atoms with Crippen LogP contribution in [0, 0.1) is 0 Å². The van der Waals surface area contributed by atoms with Gasteiger partial charge >= 0.3 is 12.1 Å². The molecule has 0 unspecified atom stereocenters. The van der Waals surface area contributed by atoms with Gasteiger partial charge in [0, 0.05) is 18.6 Å². The molecule has 0 radical (unpaired) electrons. The van der Waals surface area contributed by atoms with Crippen LogP contribution >= 0.6 is 0 Å². The van der Waals surface area contributed by atoms with E-state index in [1.54, 1.807) is 32.9 Å². The number of carbonyl (C=O) groups is 3. The number of hydrogen-bond acceptors (Lipinski definition) is 5. The Bertz CT molecular complexity index is 613. The van der Waals surface area contributed by atoms with E-state index in [9.17, 15) is 19.5 Å². The SMILES string of the molecule is CC(C)(C)N(C(=O)OCc1ccccc1)[C@@H](CC(=O)O)C(=O)NCCN. The summed E-state index contributed by atoms with van der Waals surface area (Å²) in [6.07, 6.45) is -1.29. The highest BCUT2D eigenvalue weighted by Crippen LogP contribution is 2.21. The van der Waals surface area contributed by atoms with Crippen LogP contribution in [0.4, 0.5) is 4.79 Å². The average molecular weight is 365 g/mol. The highest BCUT2D eigenvalue weighted by molar-refractivity contribution is 5.89. The summed E-state index contributed by atoms with van der Waals surface area (Å²) in [5.41, 5.74) is 5.34. The number of nitrogens with zero attached hydrogens (tertiary/aromatic N) is 1. The molecule has 0 saturated heterocycles. The molecule has 8 heteroatoms. The van der Waals surface area contributed by atoms with E-state index in [1.807, 2.05) is 18.2 Å². The monoisotopic (exact) mass is 365 g/mol. The minimum absolute atomic E-state index is 0.0243. The molecule has 0 bridgehead atoms. The third-order valence-corrected chi connectivity index (χ3v) is 3.55. The van der Waals surface area contributed by atoms with Gasteiger partial charge in [0.25, 0.3) is 0 Å². The fourth-order valence-electron chi connectivity index (χ4n) is 2.44. The van der Waals surface area contributed by atoms with Crippen molar-refractivity contribution in [1.29, 1.82) is 0 Å². The molecule has 0 aliphatic heterocycles. The van der Waals surface area contributed by atoms with Crippen molar-refractivity contribution < 1.29 is 24.2 Å². The Morgan fingerprint density at radius 1 is 1.23 bits per heavy atom. The molecule has 0 saturated carbocycles. The lowest BCUT2D eigenvalue weighted by molar-refractivity contribution is -0.142. The number of nitrogens with two attached hydrogens (primary N) is 1. The van der Waals surface area contributed by atoms with E-state index in [0.717, 1.165) is 10.5 Å². The minimum Gasteiger partial charge on any atom is -0.481 e. The maximum absolute atomic E-state index is 12.7. The van der Waals surface area contributed by atoms with Crippen molar-refractivity contribution in [2.45, 2.75) is 45.4 Å². The van der Waals surface area contributed by atoms with Gasteiger partial charge in [-0.2, -0.15) is 0 Å². The number of amides is 2. The van der Waals surface area contributed by atoms with Crippen molar-refractivity contribution in [3.8, 4) is 0 Å². The lowest BCUT2D eigenvalue weighted by Gasteiger charge is -2.39. The lowest BCUT2D eigenvalue weighted by Crippen LogP contribution is -2.58. The molecule has 0 aliphatic rings. The van der Waals surface area contributed by atoms with Crippen LogP contribution in [0.15, 0.2) is 30.3 Å². The molecule has 2 amide bonds. The second-order valence-electron chi connectivity index (χ2n) is 6.77. The van der Waals surface area contributed by atoms with E-state index in [-0.39, 0.29) is 19.7 Å². The van der Waals surface area contributed by atoms with Crippen LogP contribution in [-0.2, 0) is 20.9 Å². The Morgan fingerprint density at radius 3 is 2.35 bits per heavy atom. The Morgan fingerprint density at radius 2 is 1.85 bits per heavy atom. The molecular weight excluding hydrogens is 338 g/mol. The number of hydrogen-bond donors (Lipinski definition) is 3. The Hall–Kier alpha value is -2.61. The molecule has 144 valence electrons. The molecule has 0 spiro atoms. The van der Waals surface area contributed by atoms with Crippen LogP contribution in [0.3, 0.4) is 0 Å². The Kier molecular flexibility index (Phi) is 8.05. The first-order valence-electron chi connectivity index (χ1n) is 8.36. The predicted molar refractivity (Wildman–Crippen MR) is 96.3 cm³/mol. The van der Waals surface area contributed by atoms with Gasteiger partial charge in [0.1, 0.15) is 12.6 Å². The lowest BCUT2D eigenvalue weighted by atomic mass is 10.0. The van der Waals surface area contributed by atoms with Crippen molar-refractivity contribution in [1.82, 2.24) is 10.2 Å². The molecule has 0 aromatic heterocycles. The second kappa shape index (κ2) is 9.76. The van der Waals surface area contributed by atoms with Gasteiger partial charge in [0.2, 0.25) is 5.91 Å². The fourth-order valence-corrected chi connectivity index (χ4v) is 2.44. The Balaban J connectivity index is 3.00. The summed E-state index contributed by atoms with van der Waals surface area (Å²) in [6.45, 7) is 5.55. The summed E-state index contributed by atoms with van der Waals surface area (Å²) in [5.74, 6) is -1.77. The number of carboxylic acids is 1. The van der Waals surface area contributed by atoms with Gasteiger partial charge in [-0.25, -0.2) is 4.79 Å². The molecule has 1 rings (SSSR count). The number of carbonyl (C=O) groups excluding carboxylic acids is 2. The first kappa shape index (κ1) is 21.4. The standard InChI is InChI=1S/C18H27N3O5/c1-18(2,3)21(14(11-15(22)23)16(24)20-10-9-19)17(25)26-12-13-7-5-4-6-8-13/h4-8,14H,9-12,19H2,1-3H3,(H,20,24)(H,22,23)/t14-/m0/s1. The molecule has 8 nitrogen and oxygen atoms in total. The second-order valence-corrected chi connectivity index (χ2v) is 6.77. The van der Waals surface area contributed by atoms with E-state index in [1.165, 1.54) is 0 Å². The van der Waals surface area contributed by atoms with Gasteiger partial charge in [-0.15, -0.1) is 0 Å². The molecule has 1 atom stereocenters. The number of nitrogens with one attached hydrogen (secondary N) is 1.